The molecule has 2 atom stereocenters. The van der Waals surface area contributed by atoms with Crippen LogP contribution in [0.4, 0.5) is 0 Å². The quantitative estimate of drug-likeness (QED) is 0.746. The Morgan fingerprint density at radius 3 is 2.57 bits per heavy atom. The van der Waals surface area contributed by atoms with E-state index in [1.807, 2.05) is 6.26 Å². The number of aliphatic hydroxyl groups excluding tert-OH is 1. The van der Waals surface area contributed by atoms with Gasteiger partial charge < -0.3 is 14.8 Å². The summed E-state index contributed by atoms with van der Waals surface area (Å²) in [6.45, 7) is 1.69. The van der Waals surface area contributed by atoms with Gasteiger partial charge in [0.1, 0.15) is 0 Å². The number of rotatable bonds is 7. The third-order valence-corrected chi connectivity index (χ3v) is 5.79. The van der Waals surface area contributed by atoms with E-state index in [1.54, 1.807) is 6.92 Å². The summed E-state index contributed by atoms with van der Waals surface area (Å²) in [6, 6.07) is 2.27. The van der Waals surface area contributed by atoms with Crippen molar-refractivity contribution in [2.45, 2.75) is 23.3 Å². The lowest BCUT2D eigenvalue weighted by Gasteiger charge is -2.20. The van der Waals surface area contributed by atoms with Gasteiger partial charge in [0, 0.05) is 25.4 Å². The molecule has 9 heteroatoms. The second kappa shape index (κ2) is 7.30. The van der Waals surface area contributed by atoms with E-state index in [0.717, 1.165) is 4.31 Å². The molecule has 0 fully saturated rings. The van der Waals surface area contributed by atoms with Gasteiger partial charge in [-0.15, -0.1) is 0 Å². The Labute approximate surface area is 128 Å². The maximum absolute atomic E-state index is 12.0. The number of aliphatic hydroxyl groups is 1. The van der Waals surface area contributed by atoms with Crippen LogP contribution < -0.4 is 5.32 Å². The molecule has 1 aromatic heterocycles. The molecule has 0 saturated heterocycles. The summed E-state index contributed by atoms with van der Waals surface area (Å²) in [7, 11) is -0.943. The zero-order valence-corrected chi connectivity index (χ0v) is 14.0. The number of carbonyl (C=O) groups is 1. The van der Waals surface area contributed by atoms with Crippen molar-refractivity contribution in [1.29, 1.82) is 0 Å². The van der Waals surface area contributed by atoms with Crippen LogP contribution in [0.1, 0.15) is 17.5 Å². The van der Waals surface area contributed by atoms with E-state index in [9.17, 15) is 18.3 Å². The molecule has 0 aliphatic rings. The molecule has 7 nitrogen and oxygen atoms in total. The van der Waals surface area contributed by atoms with Gasteiger partial charge >= 0.3 is 0 Å². The van der Waals surface area contributed by atoms with Crippen LogP contribution in [-0.2, 0) is 10.0 Å². The zero-order chi connectivity index (χ0) is 16.2. The van der Waals surface area contributed by atoms with Crippen LogP contribution in [0, 0.1) is 0 Å². The van der Waals surface area contributed by atoms with E-state index in [0.29, 0.717) is 0 Å². The highest BCUT2D eigenvalue weighted by molar-refractivity contribution is 7.99. The van der Waals surface area contributed by atoms with Crippen LogP contribution >= 0.6 is 11.8 Å². The van der Waals surface area contributed by atoms with Crippen molar-refractivity contribution in [1.82, 2.24) is 9.62 Å². The maximum atomic E-state index is 12.0. The molecular formula is C12H20N2O5S2. The van der Waals surface area contributed by atoms with Gasteiger partial charge in [-0.25, -0.2) is 12.7 Å². The number of hydrogen-bond acceptors (Lipinski definition) is 6. The smallest absolute Gasteiger partial charge is 0.287 e. The Morgan fingerprint density at radius 2 is 2.10 bits per heavy atom. The van der Waals surface area contributed by atoms with E-state index in [2.05, 4.69) is 5.32 Å². The summed E-state index contributed by atoms with van der Waals surface area (Å²) < 4.78 is 29.8. The fourth-order valence-corrected chi connectivity index (χ4v) is 2.99. The van der Waals surface area contributed by atoms with Crippen LogP contribution in [0.5, 0.6) is 0 Å². The maximum Gasteiger partial charge on any atom is 0.287 e. The van der Waals surface area contributed by atoms with E-state index in [-0.39, 0.29) is 28.8 Å². The average molecular weight is 336 g/mol. The predicted molar refractivity (Wildman–Crippen MR) is 80.9 cm³/mol. The first-order valence-electron chi connectivity index (χ1n) is 6.21. The van der Waals surface area contributed by atoms with Crippen molar-refractivity contribution >= 4 is 27.7 Å². The molecule has 120 valence electrons. The lowest BCUT2D eigenvalue weighted by molar-refractivity contribution is 0.0902. The summed E-state index contributed by atoms with van der Waals surface area (Å²) >= 11 is 1.43. The Balaban J connectivity index is 2.84. The summed E-state index contributed by atoms with van der Waals surface area (Å²) in [5.41, 5.74) is 0. The molecule has 0 spiro atoms. The third-order valence-electron chi connectivity index (χ3n) is 2.94. The molecule has 0 saturated carbocycles. The molecule has 1 rings (SSSR count). The first-order chi connectivity index (χ1) is 9.73. The molecule has 2 unspecified atom stereocenters. The average Bonchev–Trinajstić information content (AvgIpc) is 2.90. The van der Waals surface area contributed by atoms with E-state index in [4.69, 9.17) is 4.42 Å². The number of carbonyl (C=O) groups excluding carboxylic acids is 1. The van der Waals surface area contributed by atoms with Crippen LogP contribution in [0.15, 0.2) is 21.6 Å². The Hall–Kier alpha value is -1.03. The van der Waals surface area contributed by atoms with Gasteiger partial charge in [0.2, 0.25) is 5.09 Å². The fourth-order valence-electron chi connectivity index (χ4n) is 1.57. The molecule has 0 radical (unpaired) electrons. The van der Waals surface area contributed by atoms with Gasteiger partial charge in [-0.05, 0) is 25.3 Å². The molecule has 2 N–H and O–H groups in total. The minimum Gasteiger partial charge on any atom is -0.438 e. The molecule has 0 aliphatic heterocycles. The van der Waals surface area contributed by atoms with Crippen LogP contribution in [0.2, 0.25) is 0 Å². The van der Waals surface area contributed by atoms with Gasteiger partial charge in [0.15, 0.2) is 5.76 Å². The second-order valence-corrected chi connectivity index (χ2v) is 7.78. The largest absolute Gasteiger partial charge is 0.438 e. The summed E-state index contributed by atoms with van der Waals surface area (Å²) in [6.07, 6.45) is 1.83. The van der Waals surface area contributed by atoms with Crippen molar-refractivity contribution < 1.29 is 22.7 Å². The Bertz CT molecular complexity index is 578. The van der Waals surface area contributed by atoms with E-state index >= 15 is 0 Å². The van der Waals surface area contributed by atoms with Gasteiger partial charge in [-0.2, -0.15) is 11.8 Å². The van der Waals surface area contributed by atoms with Gasteiger partial charge in [-0.1, -0.05) is 0 Å². The highest BCUT2D eigenvalue weighted by atomic mass is 32.2. The summed E-state index contributed by atoms with van der Waals surface area (Å²) in [5, 5.41) is 11.4. The minimum atomic E-state index is -3.70. The molecular weight excluding hydrogens is 316 g/mol. The highest BCUT2D eigenvalue weighted by Crippen LogP contribution is 2.17. The van der Waals surface area contributed by atoms with E-state index < -0.39 is 15.9 Å². The molecule has 0 aliphatic carbocycles. The Morgan fingerprint density at radius 1 is 1.48 bits per heavy atom. The third kappa shape index (κ3) is 4.22. The number of furan rings is 1. The van der Waals surface area contributed by atoms with Crippen molar-refractivity contribution in [3.05, 3.63) is 17.9 Å². The van der Waals surface area contributed by atoms with Crippen molar-refractivity contribution in [2.24, 2.45) is 0 Å². The van der Waals surface area contributed by atoms with Gasteiger partial charge in [-0.3, -0.25) is 4.79 Å². The van der Waals surface area contributed by atoms with Crippen molar-refractivity contribution in [2.75, 3.05) is 27.0 Å². The predicted octanol–water partition coefficient (Wildman–Crippen LogP) is 0.372. The SMILES string of the molecule is CSC(CO)C(C)NC(=O)c1ccc(S(=O)(=O)N(C)C)o1. The van der Waals surface area contributed by atoms with Crippen LogP contribution in [0.25, 0.3) is 0 Å². The fraction of sp³-hybridized carbons (Fsp3) is 0.583. The van der Waals surface area contributed by atoms with E-state index in [1.165, 1.54) is 38.0 Å². The zero-order valence-electron chi connectivity index (χ0n) is 12.4. The summed E-state index contributed by atoms with van der Waals surface area (Å²) in [4.78, 5) is 12.0. The molecule has 1 amide bonds. The topological polar surface area (TPSA) is 99.8 Å². The normalized spacial score (nSPS) is 15.0. The molecule has 1 aromatic rings. The number of sulfonamides is 1. The lowest BCUT2D eigenvalue weighted by Crippen LogP contribution is -2.41. The number of hydrogen-bond donors (Lipinski definition) is 2. The van der Waals surface area contributed by atoms with Gasteiger partial charge in [0.25, 0.3) is 15.9 Å². The number of nitrogens with one attached hydrogen (secondary N) is 1. The second-order valence-electron chi connectivity index (χ2n) is 4.62. The molecule has 0 bridgehead atoms. The minimum absolute atomic E-state index is 0.0684. The number of thioether (sulfide) groups is 1. The molecule has 21 heavy (non-hydrogen) atoms. The van der Waals surface area contributed by atoms with Gasteiger partial charge in [0.05, 0.1) is 6.61 Å². The summed E-state index contributed by atoms with van der Waals surface area (Å²) in [5.74, 6) is -0.602. The Kier molecular flexibility index (Phi) is 6.26. The molecule has 0 aromatic carbocycles. The standard InChI is InChI=1S/C12H20N2O5S2/c1-8(10(7-15)20-4)13-12(16)9-5-6-11(19-9)21(17,18)14(2)3/h5-6,8,10,15H,7H2,1-4H3,(H,13,16). The highest BCUT2D eigenvalue weighted by Gasteiger charge is 2.25. The van der Waals surface area contributed by atoms with Crippen LogP contribution in [0.3, 0.4) is 0 Å². The van der Waals surface area contributed by atoms with Crippen molar-refractivity contribution in [3.63, 3.8) is 0 Å². The molecule has 1 heterocycles. The first kappa shape index (κ1) is 18.0. The number of nitrogens with zero attached hydrogens (tertiary/aromatic N) is 1. The lowest BCUT2D eigenvalue weighted by atomic mass is 10.2. The monoisotopic (exact) mass is 336 g/mol. The van der Waals surface area contributed by atoms with Crippen molar-refractivity contribution in [3.8, 4) is 0 Å². The number of amides is 1. The van der Waals surface area contributed by atoms with Crippen LogP contribution in [-0.4, -0.2) is 62.0 Å². The first-order valence-corrected chi connectivity index (χ1v) is 8.93.